The van der Waals surface area contributed by atoms with E-state index in [1.54, 1.807) is 42.5 Å². The van der Waals surface area contributed by atoms with Gasteiger partial charge in [-0.3, -0.25) is 9.59 Å². The molecule has 1 fully saturated rings. The van der Waals surface area contributed by atoms with E-state index in [0.29, 0.717) is 24.1 Å². The van der Waals surface area contributed by atoms with Gasteiger partial charge in [-0.1, -0.05) is 61.0 Å². The van der Waals surface area contributed by atoms with Gasteiger partial charge in [-0.05, 0) is 42.0 Å². The van der Waals surface area contributed by atoms with Crippen LogP contribution in [0.2, 0.25) is 0 Å². The Morgan fingerprint density at radius 2 is 1.65 bits per heavy atom. The monoisotopic (exact) mass is 497 g/mol. The number of nitrogens with zero attached hydrogens (tertiary/aromatic N) is 1. The summed E-state index contributed by atoms with van der Waals surface area (Å²) in [7, 11) is -3.82. The first kappa shape index (κ1) is 24.1. The molecule has 0 unspecified atom stereocenters. The van der Waals surface area contributed by atoms with E-state index in [-0.39, 0.29) is 17.3 Å². The van der Waals surface area contributed by atoms with Crippen molar-refractivity contribution >= 4 is 33.2 Å². The molecule has 2 heterocycles. The minimum Gasteiger partial charge on any atom is -0.334 e. The summed E-state index contributed by atoms with van der Waals surface area (Å²) in [6.45, 7) is 0.278. The molecule has 0 saturated carbocycles. The third-order valence-corrected chi connectivity index (χ3v) is 8.55. The van der Waals surface area contributed by atoms with E-state index in [1.807, 2.05) is 35.7 Å². The van der Waals surface area contributed by atoms with Crippen LogP contribution in [0.15, 0.2) is 83.1 Å². The third-order valence-electron chi connectivity index (χ3n) is 5.76. The highest BCUT2D eigenvalue weighted by Crippen LogP contribution is 2.25. The average molecular weight is 498 g/mol. The molecule has 1 aliphatic heterocycles. The molecule has 178 valence electrons. The summed E-state index contributed by atoms with van der Waals surface area (Å²) in [5.74, 6) is -0.694. The molecule has 3 aromatic rings. The average Bonchev–Trinajstić information content (AvgIpc) is 3.40. The number of carbonyl (C=O) groups excluding carboxylic acids is 2. The van der Waals surface area contributed by atoms with Crippen molar-refractivity contribution in [2.45, 2.75) is 42.8 Å². The molecule has 1 saturated heterocycles. The molecule has 34 heavy (non-hydrogen) atoms. The normalized spacial score (nSPS) is 17.6. The molecular weight excluding hydrogens is 470 g/mol. The second-order valence-corrected chi connectivity index (χ2v) is 11.0. The highest BCUT2D eigenvalue weighted by molar-refractivity contribution is 7.89. The Balaban J connectivity index is 1.54. The van der Waals surface area contributed by atoms with Crippen LogP contribution in [0.1, 0.15) is 34.5 Å². The molecule has 9 heteroatoms. The topological polar surface area (TPSA) is 95.6 Å². The van der Waals surface area contributed by atoms with Gasteiger partial charge >= 0.3 is 0 Å². The molecule has 2 atom stereocenters. The molecule has 0 spiro atoms. The van der Waals surface area contributed by atoms with Gasteiger partial charge < -0.3 is 10.6 Å². The van der Waals surface area contributed by atoms with Gasteiger partial charge in [0, 0.05) is 13.0 Å². The summed E-state index contributed by atoms with van der Waals surface area (Å²) in [5.41, 5.74) is 0.941. The highest BCUT2D eigenvalue weighted by Gasteiger charge is 2.38. The number of piperidine rings is 1. The lowest BCUT2D eigenvalue weighted by molar-refractivity contribution is -0.126. The lowest BCUT2D eigenvalue weighted by Crippen LogP contribution is -2.57. The molecule has 0 radical (unpaired) electrons. The van der Waals surface area contributed by atoms with Crippen molar-refractivity contribution in [1.29, 1.82) is 0 Å². The van der Waals surface area contributed by atoms with Crippen LogP contribution in [-0.4, -0.2) is 43.3 Å². The van der Waals surface area contributed by atoms with E-state index < -0.39 is 28.1 Å². The first-order valence-corrected chi connectivity index (χ1v) is 13.5. The fraction of sp³-hybridized carbons (Fsp3) is 0.280. The van der Waals surface area contributed by atoms with Gasteiger partial charge in [0.2, 0.25) is 15.9 Å². The largest absolute Gasteiger partial charge is 0.334 e. The molecule has 2 aromatic carbocycles. The van der Waals surface area contributed by atoms with E-state index >= 15 is 0 Å². The Bertz CT molecular complexity index is 1200. The number of sulfonamides is 1. The maximum absolute atomic E-state index is 13.4. The van der Waals surface area contributed by atoms with E-state index in [1.165, 1.54) is 15.6 Å². The van der Waals surface area contributed by atoms with Crippen LogP contribution < -0.4 is 10.6 Å². The fourth-order valence-electron chi connectivity index (χ4n) is 4.08. The van der Waals surface area contributed by atoms with Gasteiger partial charge in [-0.25, -0.2) is 8.42 Å². The predicted octanol–water partition coefficient (Wildman–Crippen LogP) is 3.41. The van der Waals surface area contributed by atoms with Crippen LogP contribution in [-0.2, 0) is 21.2 Å². The third kappa shape index (κ3) is 5.72. The second kappa shape index (κ2) is 10.9. The first-order valence-electron chi connectivity index (χ1n) is 11.2. The zero-order chi connectivity index (χ0) is 24.0. The number of carbonyl (C=O) groups is 2. The van der Waals surface area contributed by atoms with Gasteiger partial charge in [-0.2, -0.15) is 4.31 Å². The standard InChI is InChI=1S/C25H27N3O4S2/c29-24(21-14-7-8-16-28(21)34(31,32)20-12-5-2-6-13-20)26-23(18-19-10-3-1-4-11-19)27-25(30)22-15-9-17-33-22/h1-6,9-13,15,17,21,23H,7-8,14,16,18H2,(H,26,29)(H,27,30)/t21-,23-/m0/s1. The maximum Gasteiger partial charge on any atom is 0.262 e. The van der Waals surface area contributed by atoms with Gasteiger partial charge in [0.25, 0.3) is 5.91 Å². The van der Waals surface area contributed by atoms with Crippen molar-refractivity contribution in [1.82, 2.24) is 14.9 Å². The quantitative estimate of drug-likeness (QED) is 0.466. The predicted molar refractivity (Wildman–Crippen MR) is 132 cm³/mol. The lowest BCUT2D eigenvalue weighted by Gasteiger charge is -2.34. The van der Waals surface area contributed by atoms with Crippen molar-refractivity contribution in [3.8, 4) is 0 Å². The SMILES string of the molecule is O=C(N[C@@H](Cc1ccccc1)NC(=O)[C@@H]1CCCCN1S(=O)(=O)c1ccccc1)c1cccs1. The van der Waals surface area contributed by atoms with Crippen LogP contribution in [0, 0.1) is 0 Å². The van der Waals surface area contributed by atoms with Gasteiger partial charge in [0.1, 0.15) is 12.2 Å². The van der Waals surface area contributed by atoms with Crippen molar-refractivity contribution in [2.75, 3.05) is 6.54 Å². The van der Waals surface area contributed by atoms with Crippen molar-refractivity contribution in [2.24, 2.45) is 0 Å². The summed E-state index contributed by atoms with van der Waals surface area (Å²) in [4.78, 5) is 26.8. The Morgan fingerprint density at radius 3 is 2.32 bits per heavy atom. The van der Waals surface area contributed by atoms with Crippen molar-refractivity contribution in [3.05, 3.63) is 88.6 Å². The molecular formula is C25H27N3O4S2. The summed E-state index contributed by atoms with van der Waals surface area (Å²) in [6.07, 6.45) is 1.56. The molecule has 0 bridgehead atoms. The molecule has 2 N–H and O–H groups in total. The zero-order valence-corrected chi connectivity index (χ0v) is 20.2. The van der Waals surface area contributed by atoms with Crippen LogP contribution in [0.3, 0.4) is 0 Å². The Labute approximate surface area is 203 Å². The number of amides is 2. The van der Waals surface area contributed by atoms with E-state index in [2.05, 4.69) is 10.6 Å². The fourth-order valence-corrected chi connectivity index (χ4v) is 6.38. The van der Waals surface area contributed by atoms with Crippen LogP contribution in [0.4, 0.5) is 0 Å². The molecule has 1 aliphatic rings. The highest BCUT2D eigenvalue weighted by atomic mass is 32.2. The molecule has 0 aliphatic carbocycles. The van der Waals surface area contributed by atoms with Crippen LogP contribution >= 0.6 is 11.3 Å². The summed E-state index contributed by atoms with van der Waals surface area (Å²) in [6, 6.07) is 20.4. The first-order chi connectivity index (χ1) is 16.4. The minimum atomic E-state index is -3.82. The lowest BCUT2D eigenvalue weighted by atomic mass is 10.0. The minimum absolute atomic E-state index is 0.168. The molecule has 7 nitrogen and oxygen atoms in total. The smallest absolute Gasteiger partial charge is 0.262 e. The number of benzene rings is 2. The molecule has 2 amide bonds. The number of hydrogen-bond donors (Lipinski definition) is 2. The summed E-state index contributed by atoms with van der Waals surface area (Å²) in [5, 5.41) is 7.62. The van der Waals surface area contributed by atoms with Crippen molar-refractivity contribution in [3.63, 3.8) is 0 Å². The van der Waals surface area contributed by atoms with Crippen molar-refractivity contribution < 1.29 is 18.0 Å². The second-order valence-electron chi connectivity index (χ2n) is 8.14. The van der Waals surface area contributed by atoms with E-state index in [9.17, 15) is 18.0 Å². The summed E-state index contributed by atoms with van der Waals surface area (Å²) < 4.78 is 27.9. The Kier molecular flexibility index (Phi) is 7.77. The number of rotatable bonds is 8. The van der Waals surface area contributed by atoms with Crippen LogP contribution in [0.25, 0.3) is 0 Å². The van der Waals surface area contributed by atoms with E-state index in [4.69, 9.17) is 0 Å². The Hall–Kier alpha value is -3.01. The number of nitrogens with one attached hydrogen (secondary N) is 2. The summed E-state index contributed by atoms with van der Waals surface area (Å²) >= 11 is 1.32. The number of thiophene rings is 1. The van der Waals surface area contributed by atoms with Gasteiger partial charge in [0.05, 0.1) is 9.77 Å². The Morgan fingerprint density at radius 1 is 0.941 bits per heavy atom. The zero-order valence-electron chi connectivity index (χ0n) is 18.6. The maximum atomic E-state index is 13.4. The molecule has 1 aromatic heterocycles. The van der Waals surface area contributed by atoms with Crippen LogP contribution in [0.5, 0.6) is 0 Å². The van der Waals surface area contributed by atoms with Gasteiger partial charge in [-0.15, -0.1) is 11.3 Å². The van der Waals surface area contributed by atoms with Gasteiger partial charge in [0.15, 0.2) is 0 Å². The number of hydrogen-bond acceptors (Lipinski definition) is 5. The van der Waals surface area contributed by atoms with E-state index in [0.717, 1.165) is 12.0 Å². The molecule has 4 rings (SSSR count).